The smallest absolute Gasteiger partial charge is 0.449 e. The average Bonchev–Trinajstić information content (AvgIpc) is 2.26. The highest BCUT2D eigenvalue weighted by Gasteiger charge is 2.32. The summed E-state index contributed by atoms with van der Waals surface area (Å²) < 4.78 is 28.3. The maximum absolute atomic E-state index is 11.9. The lowest BCUT2D eigenvalue weighted by atomic mass is 10.0. The van der Waals surface area contributed by atoms with E-state index in [1.54, 1.807) is 0 Å². The summed E-state index contributed by atoms with van der Waals surface area (Å²) in [5.41, 5.74) is 0.263. The predicted octanol–water partition coefficient (Wildman–Crippen LogP) is 1.41. The van der Waals surface area contributed by atoms with Crippen LogP contribution < -0.4 is 4.74 Å². The maximum Gasteiger partial charge on any atom is 0.511 e. The van der Waals surface area contributed by atoms with E-state index in [9.17, 15) is 18.0 Å². The highest BCUT2D eigenvalue weighted by atomic mass is 32.2. The molecule has 0 saturated carbocycles. The van der Waals surface area contributed by atoms with Gasteiger partial charge < -0.3 is 9.84 Å². The van der Waals surface area contributed by atoms with Gasteiger partial charge in [0.1, 0.15) is 5.75 Å². The van der Waals surface area contributed by atoms with E-state index >= 15 is 0 Å². The van der Waals surface area contributed by atoms with Crippen molar-refractivity contribution >= 4 is 21.8 Å². The topological polar surface area (TPSA) is 97.7 Å². The molecule has 1 aromatic rings. The third-order valence-electron chi connectivity index (χ3n) is 2.76. The van der Waals surface area contributed by atoms with Crippen LogP contribution in [0.25, 0.3) is 0 Å². The van der Waals surface area contributed by atoms with Gasteiger partial charge in [0, 0.05) is 17.5 Å². The van der Waals surface area contributed by atoms with Gasteiger partial charge in [-0.2, -0.15) is 0 Å². The third-order valence-corrected chi connectivity index (χ3v) is 4.65. The Morgan fingerprint density at radius 3 is 2.67 bits per heavy atom. The number of fused-ring (bicyclic) bond motifs is 1. The molecular formula is C11H10O6S. The van der Waals surface area contributed by atoms with E-state index in [0.717, 1.165) is 0 Å². The number of ketones is 1. The van der Waals surface area contributed by atoms with Crippen molar-refractivity contribution in [3.8, 4) is 5.75 Å². The SMILES string of the molecule is Cc1c(OC(=O)O)ccc2c1S(=O)(=O)CCC2=O. The number of ether oxygens (including phenoxy) is 1. The molecule has 0 spiro atoms. The van der Waals surface area contributed by atoms with E-state index in [1.807, 2.05) is 0 Å². The lowest BCUT2D eigenvalue weighted by molar-refractivity contribution is 0.0983. The number of Topliss-reactive ketones (excluding diaryl/α,β-unsaturated/α-hetero) is 1. The van der Waals surface area contributed by atoms with Crippen LogP contribution >= 0.6 is 0 Å². The lowest BCUT2D eigenvalue weighted by Gasteiger charge is -2.18. The van der Waals surface area contributed by atoms with Crippen molar-refractivity contribution in [2.75, 3.05) is 5.75 Å². The molecule has 0 aliphatic carbocycles. The molecule has 1 aliphatic heterocycles. The minimum atomic E-state index is -3.56. The number of carbonyl (C=O) groups is 2. The summed E-state index contributed by atoms with van der Waals surface area (Å²) in [4.78, 5) is 22.0. The van der Waals surface area contributed by atoms with Crippen LogP contribution in [0.15, 0.2) is 17.0 Å². The normalized spacial score (nSPS) is 17.1. The van der Waals surface area contributed by atoms with Crippen molar-refractivity contribution in [3.05, 3.63) is 23.3 Å². The van der Waals surface area contributed by atoms with Crippen LogP contribution in [0.1, 0.15) is 22.3 Å². The van der Waals surface area contributed by atoms with E-state index in [0.29, 0.717) is 0 Å². The summed E-state index contributed by atoms with van der Waals surface area (Å²) in [6, 6.07) is 2.58. The van der Waals surface area contributed by atoms with Crippen LogP contribution in [-0.2, 0) is 9.84 Å². The van der Waals surface area contributed by atoms with E-state index < -0.39 is 16.0 Å². The molecule has 1 heterocycles. The molecule has 0 saturated heterocycles. The molecule has 6 nitrogen and oxygen atoms in total. The molecule has 1 aliphatic rings. The fraction of sp³-hybridized carbons (Fsp3) is 0.273. The summed E-state index contributed by atoms with van der Waals surface area (Å²) in [6.45, 7) is 1.42. The summed E-state index contributed by atoms with van der Waals surface area (Å²) in [5.74, 6) is -0.583. The van der Waals surface area contributed by atoms with Crippen LogP contribution in [0, 0.1) is 6.92 Å². The van der Waals surface area contributed by atoms with E-state index in [4.69, 9.17) is 5.11 Å². The van der Waals surface area contributed by atoms with Crippen molar-refractivity contribution in [2.45, 2.75) is 18.2 Å². The van der Waals surface area contributed by atoms with E-state index in [-0.39, 0.29) is 39.7 Å². The summed E-state index contributed by atoms with van der Waals surface area (Å²) in [7, 11) is -3.56. The number of benzene rings is 1. The van der Waals surface area contributed by atoms with Gasteiger partial charge in [0.05, 0.1) is 10.6 Å². The Kier molecular flexibility index (Phi) is 2.86. The molecule has 0 fully saturated rings. The first kappa shape index (κ1) is 12.6. The first-order valence-corrected chi connectivity index (χ1v) is 6.78. The van der Waals surface area contributed by atoms with Crippen molar-refractivity contribution in [1.82, 2.24) is 0 Å². The van der Waals surface area contributed by atoms with Crippen LogP contribution in [0.4, 0.5) is 4.79 Å². The van der Waals surface area contributed by atoms with Crippen molar-refractivity contribution < 1.29 is 27.9 Å². The van der Waals surface area contributed by atoms with Gasteiger partial charge in [-0.3, -0.25) is 4.79 Å². The highest BCUT2D eigenvalue weighted by molar-refractivity contribution is 7.91. The zero-order valence-electron chi connectivity index (χ0n) is 9.47. The Hall–Kier alpha value is -1.89. The Morgan fingerprint density at radius 1 is 1.39 bits per heavy atom. The van der Waals surface area contributed by atoms with Crippen LogP contribution in [0.5, 0.6) is 5.75 Å². The highest BCUT2D eigenvalue weighted by Crippen LogP contribution is 2.33. The molecule has 7 heteroatoms. The first-order valence-electron chi connectivity index (χ1n) is 5.13. The lowest BCUT2D eigenvalue weighted by Crippen LogP contribution is -2.23. The van der Waals surface area contributed by atoms with Crippen molar-refractivity contribution in [2.24, 2.45) is 0 Å². The van der Waals surface area contributed by atoms with Gasteiger partial charge in [-0.1, -0.05) is 0 Å². The number of hydrogen-bond acceptors (Lipinski definition) is 5. The Labute approximate surface area is 103 Å². The van der Waals surface area contributed by atoms with Crippen molar-refractivity contribution in [3.63, 3.8) is 0 Å². The quantitative estimate of drug-likeness (QED) is 0.612. The Balaban J connectivity index is 2.69. The van der Waals surface area contributed by atoms with Gasteiger partial charge in [0.25, 0.3) is 0 Å². The van der Waals surface area contributed by atoms with Gasteiger partial charge in [-0.15, -0.1) is 0 Å². The zero-order chi connectivity index (χ0) is 13.5. The molecule has 96 valence electrons. The predicted molar refractivity (Wildman–Crippen MR) is 60.8 cm³/mol. The number of hydrogen-bond donors (Lipinski definition) is 1. The van der Waals surface area contributed by atoms with E-state index in [1.165, 1.54) is 19.1 Å². The standard InChI is InChI=1S/C11H10O6S/c1-6-9(17-11(13)14)3-2-7-8(12)4-5-18(15,16)10(6)7/h2-3H,4-5H2,1H3,(H,13,14). The number of sulfone groups is 1. The van der Waals surface area contributed by atoms with Gasteiger partial charge in [-0.25, -0.2) is 13.2 Å². The summed E-state index contributed by atoms with van der Waals surface area (Å²) >= 11 is 0. The van der Waals surface area contributed by atoms with E-state index in [2.05, 4.69) is 4.74 Å². The maximum atomic E-state index is 11.9. The fourth-order valence-corrected chi connectivity index (χ4v) is 3.70. The second-order valence-corrected chi connectivity index (χ2v) is 5.97. The van der Waals surface area contributed by atoms with Gasteiger partial charge >= 0.3 is 6.16 Å². The molecule has 0 bridgehead atoms. The van der Waals surface area contributed by atoms with Gasteiger partial charge in [0.15, 0.2) is 15.6 Å². The molecule has 0 aromatic heterocycles. The zero-order valence-corrected chi connectivity index (χ0v) is 10.3. The molecule has 0 amide bonds. The molecule has 1 aromatic carbocycles. The van der Waals surface area contributed by atoms with Gasteiger partial charge in [0.2, 0.25) is 0 Å². The molecule has 0 unspecified atom stereocenters. The van der Waals surface area contributed by atoms with Crippen LogP contribution in [0.3, 0.4) is 0 Å². The first-order chi connectivity index (χ1) is 8.33. The minimum absolute atomic E-state index is 0.0477. The monoisotopic (exact) mass is 270 g/mol. The number of carboxylic acid groups (broad SMARTS) is 1. The van der Waals surface area contributed by atoms with Crippen LogP contribution in [0.2, 0.25) is 0 Å². The third kappa shape index (κ3) is 1.97. The molecule has 18 heavy (non-hydrogen) atoms. The number of carbonyl (C=O) groups excluding carboxylic acids is 1. The average molecular weight is 270 g/mol. The molecule has 1 N–H and O–H groups in total. The Bertz CT molecular complexity index is 644. The fourth-order valence-electron chi connectivity index (χ4n) is 1.96. The molecule has 2 rings (SSSR count). The second kappa shape index (κ2) is 4.09. The molecular weight excluding hydrogens is 260 g/mol. The van der Waals surface area contributed by atoms with Gasteiger partial charge in [-0.05, 0) is 19.1 Å². The summed E-state index contributed by atoms with van der Waals surface area (Å²) in [5, 5.41) is 8.54. The largest absolute Gasteiger partial charge is 0.511 e. The Morgan fingerprint density at radius 2 is 2.06 bits per heavy atom. The number of rotatable bonds is 1. The minimum Gasteiger partial charge on any atom is -0.449 e. The molecule has 0 radical (unpaired) electrons. The van der Waals surface area contributed by atoms with Crippen molar-refractivity contribution in [1.29, 1.82) is 0 Å². The summed E-state index contributed by atoms with van der Waals surface area (Å²) in [6.07, 6.45) is -1.58. The molecule has 0 atom stereocenters. The van der Waals surface area contributed by atoms with Crippen LogP contribution in [-0.4, -0.2) is 31.2 Å². The second-order valence-electron chi connectivity index (χ2n) is 3.93.